The molecule has 1 atom stereocenters. The van der Waals surface area contributed by atoms with E-state index >= 15 is 0 Å². The van der Waals surface area contributed by atoms with Gasteiger partial charge >= 0.3 is 12.0 Å². The van der Waals surface area contributed by atoms with E-state index in [1.165, 1.54) is 11.3 Å². The normalized spacial score (nSPS) is 11.9. The van der Waals surface area contributed by atoms with Crippen LogP contribution in [0.25, 0.3) is 0 Å². The maximum atomic E-state index is 11.6. The molecule has 7 heteroatoms. The molecule has 18 heavy (non-hydrogen) atoms. The highest BCUT2D eigenvalue weighted by Crippen LogP contribution is 2.20. The van der Waals surface area contributed by atoms with Gasteiger partial charge in [0, 0.05) is 4.88 Å². The monoisotopic (exact) mass is 271 g/mol. The number of aryl methyl sites for hydroxylation is 2. The van der Waals surface area contributed by atoms with Crippen molar-refractivity contribution in [1.82, 2.24) is 10.3 Å². The van der Waals surface area contributed by atoms with E-state index in [1.807, 2.05) is 20.8 Å². The van der Waals surface area contributed by atoms with Crippen molar-refractivity contribution in [3.8, 4) is 0 Å². The van der Waals surface area contributed by atoms with E-state index in [0.717, 1.165) is 10.6 Å². The van der Waals surface area contributed by atoms with Crippen LogP contribution in [0.1, 0.15) is 30.3 Å². The largest absolute Gasteiger partial charge is 0.480 e. The molecule has 1 heterocycles. The van der Waals surface area contributed by atoms with Crippen molar-refractivity contribution in [2.75, 3.05) is 5.32 Å². The summed E-state index contributed by atoms with van der Waals surface area (Å²) in [6, 6.07) is -1.40. The standard InChI is InChI=1S/C11H17N3O3S/c1-4-5-8(9(15)16)13-10(17)14-11-12-6(2)7(3)18-11/h8H,4-5H2,1-3H3,(H,15,16)(H2,12,13,14,17)/t8-/m1/s1. The van der Waals surface area contributed by atoms with Crippen LogP contribution < -0.4 is 10.6 Å². The van der Waals surface area contributed by atoms with Gasteiger partial charge in [-0.05, 0) is 20.3 Å². The van der Waals surface area contributed by atoms with Crippen LogP contribution in [0.4, 0.5) is 9.93 Å². The number of anilines is 1. The van der Waals surface area contributed by atoms with Crippen molar-refractivity contribution in [3.63, 3.8) is 0 Å². The molecular weight excluding hydrogens is 254 g/mol. The first-order valence-electron chi connectivity index (χ1n) is 5.68. The minimum atomic E-state index is -1.03. The van der Waals surface area contributed by atoms with Crippen molar-refractivity contribution >= 4 is 28.5 Å². The first-order valence-corrected chi connectivity index (χ1v) is 6.50. The summed E-state index contributed by atoms with van der Waals surface area (Å²) in [7, 11) is 0. The van der Waals surface area contributed by atoms with Crippen molar-refractivity contribution in [2.45, 2.75) is 39.7 Å². The van der Waals surface area contributed by atoms with Gasteiger partial charge in [-0.3, -0.25) is 5.32 Å². The topological polar surface area (TPSA) is 91.3 Å². The number of aromatic nitrogens is 1. The number of hydrogen-bond acceptors (Lipinski definition) is 4. The smallest absolute Gasteiger partial charge is 0.326 e. The Morgan fingerprint density at radius 1 is 1.44 bits per heavy atom. The zero-order valence-electron chi connectivity index (χ0n) is 10.6. The summed E-state index contributed by atoms with van der Waals surface area (Å²) < 4.78 is 0. The Bertz CT molecular complexity index is 425. The van der Waals surface area contributed by atoms with Gasteiger partial charge in [0.05, 0.1) is 5.69 Å². The fourth-order valence-corrected chi connectivity index (χ4v) is 2.17. The molecule has 1 rings (SSSR count). The molecule has 0 radical (unpaired) electrons. The number of carbonyl (C=O) groups excluding carboxylic acids is 1. The molecule has 2 amide bonds. The fourth-order valence-electron chi connectivity index (χ4n) is 1.36. The molecular formula is C11H17N3O3S. The average molecular weight is 271 g/mol. The first kappa shape index (κ1) is 14.4. The van der Waals surface area contributed by atoms with Gasteiger partial charge in [-0.2, -0.15) is 0 Å². The van der Waals surface area contributed by atoms with E-state index < -0.39 is 18.0 Å². The quantitative estimate of drug-likeness (QED) is 0.765. The second kappa shape index (κ2) is 6.34. The molecule has 0 aliphatic rings. The molecule has 0 aliphatic heterocycles. The third-order valence-corrected chi connectivity index (χ3v) is 3.42. The number of carboxylic acid groups (broad SMARTS) is 1. The lowest BCUT2D eigenvalue weighted by Gasteiger charge is -2.13. The highest BCUT2D eigenvalue weighted by Gasteiger charge is 2.19. The molecule has 3 N–H and O–H groups in total. The third-order valence-electron chi connectivity index (χ3n) is 2.43. The van der Waals surface area contributed by atoms with Crippen LogP contribution in [0, 0.1) is 13.8 Å². The Kier molecular flexibility index (Phi) is 5.08. The second-order valence-electron chi connectivity index (χ2n) is 3.94. The van der Waals surface area contributed by atoms with E-state index in [1.54, 1.807) is 0 Å². The Morgan fingerprint density at radius 2 is 2.11 bits per heavy atom. The van der Waals surface area contributed by atoms with E-state index in [0.29, 0.717) is 18.0 Å². The summed E-state index contributed by atoms with van der Waals surface area (Å²) in [5, 5.41) is 14.3. The van der Waals surface area contributed by atoms with E-state index in [-0.39, 0.29) is 0 Å². The Morgan fingerprint density at radius 3 is 2.56 bits per heavy atom. The lowest BCUT2D eigenvalue weighted by atomic mass is 10.2. The fraction of sp³-hybridized carbons (Fsp3) is 0.545. The van der Waals surface area contributed by atoms with Gasteiger partial charge in [-0.1, -0.05) is 13.3 Å². The zero-order valence-corrected chi connectivity index (χ0v) is 11.4. The Labute approximate surface area is 109 Å². The van der Waals surface area contributed by atoms with E-state index in [4.69, 9.17) is 5.11 Å². The predicted molar refractivity (Wildman–Crippen MR) is 70.1 cm³/mol. The van der Waals surface area contributed by atoms with Crippen molar-refractivity contribution < 1.29 is 14.7 Å². The Balaban J connectivity index is 2.57. The van der Waals surface area contributed by atoms with E-state index in [9.17, 15) is 9.59 Å². The lowest BCUT2D eigenvalue weighted by Crippen LogP contribution is -2.42. The van der Waals surface area contributed by atoms with Crippen LogP contribution in [0.15, 0.2) is 0 Å². The van der Waals surface area contributed by atoms with Gasteiger partial charge in [-0.15, -0.1) is 11.3 Å². The number of carboxylic acids is 1. The second-order valence-corrected chi connectivity index (χ2v) is 5.14. The zero-order chi connectivity index (χ0) is 13.7. The van der Waals surface area contributed by atoms with Crippen molar-refractivity contribution in [1.29, 1.82) is 0 Å². The van der Waals surface area contributed by atoms with Crippen LogP contribution in [-0.4, -0.2) is 28.1 Å². The number of urea groups is 1. The van der Waals surface area contributed by atoms with Crippen LogP contribution in [0.3, 0.4) is 0 Å². The number of nitrogens with zero attached hydrogens (tertiary/aromatic N) is 1. The van der Waals surface area contributed by atoms with Crippen molar-refractivity contribution in [3.05, 3.63) is 10.6 Å². The minimum absolute atomic E-state index is 0.401. The molecule has 1 aromatic heterocycles. The van der Waals surface area contributed by atoms with E-state index in [2.05, 4.69) is 15.6 Å². The third kappa shape index (κ3) is 3.99. The number of hydrogen-bond donors (Lipinski definition) is 3. The van der Waals surface area contributed by atoms with Crippen LogP contribution in [0.5, 0.6) is 0 Å². The van der Waals surface area contributed by atoms with Gasteiger partial charge in [0.2, 0.25) is 0 Å². The van der Waals surface area contributed by atoms with Crippen LogP contribution >= 0.6 is 11.3 Å². The lowest BCUT2D eigenvalue weighted by molar-refractivity contribution is -0.139. The average Bonchev–Trinajstić information content (AvgIpc) is 2.57. The Hall–Kier alpha value is -1.63. The van der Waals surface area contributed by atoms with Crippen LogP contribution in [-0.2, 0) is 4.79 Å². The molecule has 0 saturated heterocycles. The summed E-state index contributed by atoms with van der Waals surface area (Å²) in [4.78, 5) is 27.7. The summed E-state index contributed by atoms with van der Waals surface area (Å²) in [6.45, 7) is 5.63. The first-order chi connectivity index (χ1) is 8.43. The molecule has 0 aromatic carbocycles. The van der Waals surface area contributed by atoms with Crippen LogP contribution in [0.2, 0.25) is 0 Å². The number of carbonyl (C=O) groups is 2. The molecule has 100 valence electrons. The maximum Gasteiger partial charge on any atom is 0.326 e. The number of aliphatic carboxylic acids is 1. The van der Waals surface area contributed by atoms with Gasteiger partial charge in [-0.25, -0.2) is 14.6 Å². The molecule has 0 aliphatic carbocycles. The minimum Gasteiger partial charge on any atom is -0.480 e. The molecule has 0 bridgehead atoms. The highest BCUT2D eigenvalue weighted by atomic mass is 32.1. The van der Waals surface area contributed by atoms with Crippen molar-refractivity contribution in [2.24, 2.45) is 0 Å². The van der Waals surface area contributed by atoms with Gasteiger partial charge in [0.25, 0.3) is 0 Å². The van der Waals surface area contributed by atoms with Gasteiger partial charge < -0.3 is 10.4 Å². The number of nitrogens with one attached hydrogen (secondary N) is 2. The molecule has 6 nitrogen and oxygen atoms in total. The highest BCUT2D eigenvalue weighted by molar-refractivity contribution is 7.15. The molecule has 0 spiro atoms. The van der Waals surface area contributed by atoms with Gasteiger partial charge in [0.15, 0.2) is 5.13 Å². The number of amides is 2. The molecule has 0 saturated carbocycles. The molecule has 0 fully saturated rings. The molecule has 0 unspecified atom stereocenters. The summed E-state index contributed by atoms with van der Waals surface area (Å²) in [5.41, 5.74) is 0.860. The van der Waals surface area contributed by atoms with Gasteiger partial charge in [0.1, 0.15) is 6.04 Å². The number of thiazole rings is 1. The number of rotatable bonds is 5. The summed E-state index contributed by atoms with van der Waals surface area (Å²) >= 11 is 1.36. The molecule has 1 aromatic rings. The maximum absolute atomic E-state index is 11.6. The predicted octanol–water partition coefficient (Wildman–Crippen LogP) is 2.13. The summed E-state index contributed by atoms with van der Waals surface area (Å²) in [5.74, 6) is -1.03. The SMILES string of the molecule is CCC[C@@H](NC(=O)Nc1nc(C)c(C)s1)C(=O)O. The summed E-state index contributed by atoms with van der Waals surface area (Å²) in [6.07, 6.45) is 1.09.